The van der Waals surface area contributed by atoms with Crippen LogP contribution in [0.3, 0.4) is 0 Å². The predicted molar refractivity (Wildman–Crippen MR) is 111 cm³/mol. The van der Waals surface area contributed by atoms with Crippen LogP contribution in [0.5, 0.6) is 5.88 Å². The number of benzene rings is 1. The van der Waals surface area contributed by atoms with Crippen molar-refractivity contribution in [2.75, 3.05) is 49.5 Å². The summed E-state index contributed by atoms with van der Waals surface area (Å²) in [5.41, 5.74) is 2.50. The van der Waals surface area contributed by atoms with Crippen molar-refractivity contribution in [3.63, 3.8) is 0 Å². The highest BCUT2D eigenvalue weighted by Crippen LogP contribution is 2.30. The summed E-state index contributed by atoms with van der Waals surface area (Å²) < 4.78 is 5.38. The quantitative estimate of drug-likeness (QED) is 0.799. The summed E-state index contributed by atoms with van der Waals surface area (Å²) >= 11 is 0. The van der Waals surface area contributed by atoms with Gasteiger partial charge in [0.25, 0.3) is 5.91 Å². The molecular weight excluding hydrogens is 352 g/mol. The molecule has 1 aromatic carbocycles. The number of hydrogen-bond acceptors (Lipinski definition) is 5. The molecule has 28 heavy (non-hydrogen) atoms. The molecule has 1 aliphatic carbocycles. The summed E-state index contributed by atoms with van der Waals surface area (Å²) in [6.07, 6.45) is 4.41. The van der Waals surface area contributed by atoms with E-state index in [1.807, 2.05) is 19.1 Å². The van der Waals surface area contributed by atoms with Crippen molar-refractivity contribution in [3.05, 3.63) is 48.2 Å². The van der Waals surface area contributed by atoms with Gasteiger partial charge in [-0.1, -0.05) is 6.07 Å². The van der Waals surface area contributed by atoms with Crippen LogP contribution in [-0.4, -0.2) is 55.1 Å². The highest BCUT2D eigenvalue weighted by atomic mass is 16.5. The number of pyridine rings is 1. The van der Waals surface area contributed by atoms with E-state index in [1.165, 1.54) is 19.4 Å². The molecule has 2 aromatic rings. The van der Waals surface area contributed by atoms with Gasteiger partial charge in [-0.15, -0.1) is 0 Å². The minimum atomic E-state index is -0.158. The van der Waals surface area contributed by atoms with E-state index in [4.69, 9.17) is 4.74 Å². The highest BCUT2D eigenvalue weighted by molar-refractivity contribution is 6.04. The first-order chi connectivity index (χ1) is 13.7. The molecule has 2 fully saturated rings. The molecule has 6 heteroatoms. The van der Waals surface area contributed by atoms with Crippen molar-refractivity contribution < 1.29 is 9.53 Å². The molecule has 0 bridgehead atoms. The Bertz CT molecular complexity index is 814. The minimum Gasteiger partial charge on any atom is -0.478 e. The lowest BCUT2D eigenvalue weighted by molar-refractivity contribution is 0.102. The number of carbonyl (C=O) groups is 1. The highest BCUT2D eigenvalue weighted by Gasteiger charge is 2.26. The van der Waals surface area contributed by atoms with E-state index in [2.05, 4.69) is 32.2 Å². The lowest BCUT2D eigenvalue weighted by atomic mass is 10.2. The summed E-state index contributed by atoms with van der Waals surface area (Å²) in [6.45, 7) is 7.98. The van der Waals surface area contributed by atoms with Gasteiger partial charge in [0.2, 0.25) is 5.88 Å². The van der Waals surface area contributed by atoms with Crippen molar-refractivity contribution in [1.82, 2.24) is 9.88 Å². The molecule has 0 unspecified atom stereocenters. The van der Waals surface area contributed by atoms with Gasteiger partial charge < -0.3 is 15.0 Å². The van der Waals surface area contributed by atoms with Crippen LogP contribution in [0, 0.1) is 5.92 Å². The van der Waals surface area contributed by atoms with Crippen LogP contribution in [0.4, 0.5) is 11.4 Å². The van der Waals surface area contributed by atoms with Gasteiger partial charge in [-0.25, -0.2) is 4.98 Å². The number of aromatic nitrogens is 1. The maximum absolute atomic E-state index is 12.6. The molecule has 1 saturated heterocycles. The van der Waals surface area contributed by atoms with E-state index in [-0.39, 0.29) is 5.91 Å². The lowest BCUT2D eigenvalue weighted by Gasteiger charge is -2.36. The van der Waals surface area contributed by atoms with Gasteiger partial charge in [-0.2, -0.15) is 0 Å². The van der Waals surface area contributed by atoms with Crippen LogP contribution in [0.15, 0.2) is 42.6 Å². The zero-order valence-corrected chi connectivity index (χ0v) is 16.4. The Morgan fingerprint density at radius 2 is 2.00 bits per heavy atom. The molecule has 148 valence electrons. The van der Waals surface area contributed by atoms with Crippen molar-refractivity contribution in [2.24, 2.45) is 5.92 Å². The van der Waals surface area contributed by atoms with Crippen molar-refractivity contribution >= 4 is 17.3 Å². The van der Waals surface area contributed by atoms with Crippen LogP contribution in [0.25, 0.3) is 0 Å². The largest absolute Gasteiger partial charge is 0.478 e. The maximum Gasteiger partial charge on any atom is 0.255 e. The third kappa shape index (κ3) is 4.81. The number of nitrogens with zero attached hydrogens (tertiary/aromatic N) is 3. The molecule has 0 radical (unpaired) electrons. The standard InChI is InChI=1S/C22H28N4O2/c1-2-28-21-14-18(8-9-23-21)22(27)24-19-4-3-5-20(15-19)26-12-10-25(11-13-26)16-17-6-7-17/h3-5,8-9,14-15,17H,2,6-7,10-13,16H2,1H3,(H,24,27). The van der Waals surface area contributed by atoms with E-state index < -0.39 is 0 Å². The Hall–Kier alpha value is -2.60. The summed E-state index contributed by atoms with van der Waals surface area (Å²) in [5.74, 6) is 1.25. The van der Waals surface area contributed by atoms with Gasteiger partial charge in [0.05, 0.1) is 6.61 Å². The van der Waals surface area contributed by atoms with E-state index >= 15 is 0 Å². The number of rotatable bonds is 7. The molecule has 2 heterocycles. The Labute approximate surface area is 166 Å². The first-order valence-electron chi connectivity index (χ1n) is 10.2. The first-order valence-corrected chi connectivity index (χ1v) is 10.2. The fourth-order valence-electron chi connectivity index (χ4n) is 3.62. The van der Waals surface area contributed by atoms with Gasteiger partial charge in [-0.05, 0) is 49.9 Å². The number of carbonyl (C=O) groups excluding carboxylic acids is 1. The molecule has 1 saturated carbocycles. The smallest absolute Gasteiger partial charge is 0.255 e. The number of piperazine rings is 1. The second-order valence-corrected chi connectivity index (χ2v) is 7.55. The normalized spacial score (nSPS) is 17.4. The zero-order chi connectivity index (χ0) is 19.3. The topological polar surface area (TPSA) is 57.7 Å². The maximum atomic E-state index is 12.6. The molecule has 1 amide bonds. The van der Waals surface area contributed by atoms with Crippen LogP contribution in [0.2, 0.25) is 0 Å². The molecule has 0 spiro atoms. The first kappa shape index (κ1) is 18.7. The number of nitrogens with one attached hydrogen (secondary N) is 1. The Morgan fingerprint density at radius 1 is 1.18 bits per heavy atom. The van der Waals surface area contributed by atoms with Gasteiger partial charge in [0.1, 0.15) is 0 Å². The summed E-state index contributed by atoms with van der Waals surface area (Å²) in [7, 11) is 0. The Balaban J connectivity index is 1.37. The van der Waals surface area contributed by atoms with E-state index in [0.29, 0.717) is 18.1 Å². The predicted octanol–water partition coefficient (Wildman–Crippen LogP) is 3.26. The molecule has 2 aliphatic rings. The SMILES string of the molecule is CCOc1cc(C(=O)Nc2cccc(N3CCN(CC4CC4)CC3)c2)ccn1. The summed E-state index contributed by atoms with van der Waals surface area (Å²) in [5, 5.41) is 2.99. The van der Waals surface area contributed by atoms with E-state index in [1.54, 1.807) is 18.3 Å². The third-order valence-corrected chi connectivity index (χ3v) is 5.34. The molecule has 1 aliphatic heterocycles. The molecule has 0 atom stereocenters. The number of anilines is 2. The molecule has 1 aromatic heterocycles. The van der Waals surface area contributed by atoms with Crippen LogP contribution in [-0.2, 0) is 0 Å². The van der Waals surface area contributed by atoms with Crippen LogP contribution >= 0.6 is 0 Å². The third-order valence-electron chi connectivity index (χ3n) is 5.34. The fourth-order valence-corrected chi connectivity index (χ4v) is 3.62. The Morgan fingerprint density at radius 3 is 2.75 bits per heavy atom. The fraction of sp³-hybridized carbons (Fsp3) is 0.455. The molecule has 6 nitrogen and oxygen atoms in total. The monoisotopic (exact) mass is 380 g/mol. The molecular formula is C22H28N4O2. The lowest BCUT2D eigenvalue weighted by Crippen LogP contribution is -2.47. The second-order valence-electron chi connectivity index (χ2n) is 7.55. The average molecular weight is 380 g/mol. The van der Waals surface area contributed by atoms with Crippen molar-refractivity contribution in [1.29, 1.82) is 0 Å². The van der Waals surface area contributed by atoms with Crippen LogP contribution < -0.4 is 15.0 Å². The zero-order valence-electron chi connectivity index (χ0n) is 16.4. The summed E-state index contributed by atoms with van der Waals surface area (Å²) in [4.78, 5) is 21.7. The number of ether oxygens (including phenoxy) is 1. The summed E-state index contributed by atoms with van der Waals surface area (Å²) in [6, 6.07) is 11.5. The molecule has 1 N–H and O–H groups in total. The van der Waals surface area contributed by atoms with E-state index in [9.17, 15) is 4.79 Å². The average Bonchev–Trinajstić information content (AvgIpc) is 3.53. The Kier molecular flexibility index (Phi) is 5.76. The van der Waals surface area contributed by atoms with Gasteiger partial charge >= 0.3 is 0 Å². The van der Waals surface area contributed by atoms with Gasteiger partial charge in [0.15, 0.2) is 0 Å². The van der Waals surface area contributed by atoms with Crippen LogP contribution in [0.1, 0.15) is 30.1 Å². The van der Waals surface area contributed by atoms with Crippen molar-refractivity contribution in [3.8, 4) is 5.88 Å². The molecule has 4 rings (SSSR count). The van der Waals surface area contributed by atoms with Gasteiger partial charge in [0, 0.05) is 61.9 Å². The number of amides is 1. The minimum absolute atomic E-state index is 0.158. The van der Waals surface area contributed by atoms with Gasteiger partial charge in [-0.3, -0.25) is 9.69 Å². The van der Waals surface area contributed by atoms with Crippen molar-refractivity contribution in [2.45, 2.75) is 19.8 Å². The second kappa shape index (κ2) is 8.61. The number of hydrogen-bond donors (Lipinski definition) is 1. The van der Waals surface area contributed by atoms with E-state index in [0.717, 1.165) is 43.5 Å².